The highest BCUT2D eigenvalue weighted by Crippen LogP contribution is 2.17. The Kier molecular flexibility index (Phi) is 65.8. The van der Waals surface area contributed by atoms with Crippen LogP contribution in [-0.2, 0) is 28.6 Å². The molecular weight excluding hydrogens is 1010 g/mol. The van der Waals surface area contributed by atoms with E-state index in [2.05, 4.69) is 142 Å². The van der Waals surface area contributed by atoms with Crippen molar-refractivity contribution < 1.29 is 28.6 Å². The molecule has 0 amide bonds. The average Bonchev–Trinajstić information content (AvgIpc) is 3.47. The largest absolute Gasteiger partial charge is 0.462 e. The number of ether oxygens (including phenoxy) is 3. The van der Waals surface area contributed by atoms with E-state index < -0.39 is 6.10 Å². The minimum Gasteiger partial charge on any atom is -0.462 e. The molecule has 82 heavy (non-hydrogen) atoms. The summed E-state index contributed by atoms with van der Waals surface area (Å²) in [5.41, 5.74) is 0. The second-order valence-electron chi connectivity index (χ2n) is 22.7. The first-order valence-electron chi connectivity index (χ1n) is 34.5. The normalized spacial score (nSPS) is 12.9. The van der Waals surface area contributed by atoms with Gasteiger partial charge in [0.1, 0.15) is 13.2 Å². The highest BCUT2D eigenvalue weighted by atomic mass is 16.6. The molecule has 1 unspecified atom stereocenters. The van der Waals surface area contributed by atoms with E-state index in [-0.39, 0.29) is 31.1 Å². The third-order valence-electron chi connectivity index (χ3n) is 14.7. The van der Waals surface area contributed by atoms with Crippen molar-refractivity contribution in [2.24, 2.45) is 0 Å². The molecule has 0 N–H and O–H groups in total. The van der Waals surface area contributed by atoms with Crippen molar-refractivity contribution in [1.82, 2.24) is 0 Å². The van der Waals surface area contributed by atoms with Crippen molar-refractivity contribution in [3.63, 3.8) is 0 Å². The topological polar surface area (TPSA) is 78.9 Å². The summed E-state index contributed by atoms with van der Waals surface area (Å²) >= 11 is 0. The van der Waals surface area contributed by atoms with E-state index in [0.29, 0.717) is 19.3 Å². The summed E-state index contributed by atoms with van der Waals surface area (Å²) in [7, 11) is 0. The molecule has 6 heteroatoms. The lowest BCUT2D eigenvalue weighted by Crippen LogP contribution is -2.30. The van der Waals surface area contributed by atoms with Gasteiger partial charge in [-0.05, 0) is 116 Å². The molecule has 0 aromatic heterocycles. The number of hydrogen-bond donors (Lipinski definition) is 0. The number of allylic oxidation sites excluding steroid dienone is 20. The molecular formula is C76H128O6. The van der Waals surface area contributed by atoms with Crippen molar-refractivity contribution in [2.45, 2.75) is 329 Å². The van der Waals surface area contributed by atoms with Crippen LogP contribution < -0.4 is 0 Å². The fraction of sp³-hybridized carbons (Fsp3) is 0.697. The number of unbranched alkanes of at least 4 members (excludes halogenated alkanes) is 31. The minimum absolute atomic E-state index is 0.0872. The zero-order valence-electron chi connectivity index (χ0n) is 53.7. The Labute approximate surface area is 507 Å². The molecule has 0 saturated carbocycles. The molecule has 0 radical (unpaired) electrons. The first kappa shape index (κ1) is 77.8. The molecule has 0 spiro atoms. The molecule has 0 fully saturated rings. The number of hydrogen-bond acceptors (Lipinski definition) is 6. The summed E-state index contributed by atoms with van der Waals surface area (Å²) in [6.07, 6.45) is 96.4. The summed E-state index contributed by atoms with van der Waals surface area (Å²) in [6, 6.07) is 0. The van der Waals surface area contributed by atoms with Crippen LogP contribution >= 0.6 is 0 Å². The van der Waals surface area contributed by atoms with E-state index in [1.165, 1.54) is 141 Å². The van der Waals surface area contributed by atoms with Crippen molar-refractivity contribution in [3.05, 3.63) is 122 Å². The van der Waals surface area contributed by atoms with Crippen LogP contribution in [0.2, 0.25) is 0 Å². The summed E-state index contributed by atoms with van der Waals surface area (Å²) in [6.45, 7) is 6.52. The maximum Gasteiger partial charge on any atom is 0.306 e. The quantitative estimate of drug-likeness (QED) is 0.0261. The highest BCUT2D eigenvalue weighted by Gasteiger charge is 2.19. The van der Waals surface area contributed by atoms with E-state index in [0.717, 1.165) is 141 Å². The zero-order valence-corrected chi connectivity index (χ0v) is 53.7. The van der Waals surface area contributed by atoms with E-state index in [1.807, 2.05) is 0 Å². The summed E-state index contributed by atoms with van der Waals surface area (Å²) in [5.74, 6) is -0.904. The van der Waals surface area contributed by atoms with Crippen molar-refractivity contribution in [2.75, 3.05) is 13.2 Å². The monoisotopic (exact) mass is 1140 g/mol. The lowest BCUT2D eigenvalue weighted by Gasteiger charge is -2.18. The Bertz CT molecular complexity index is 1690. The minimum atomic E-state index is -0.791. The maximum absolute atomic E-state index is 12.9. The standard InChI is InChI=1S/C76H128O6/c1-4-7-10-13-16-19-22-25-27-29-31-32-33-34-35-36-37-38-39-40-41-42-43-44-45-47-48-51-54-57-60-63-66-69-75(78)81-72-73(71-80-74(77)68-65-62-59-56-53-50-24-21-18-15-12-9-6-3)82-76(79)70-67-64-61-58-55-52-49-46-30-28-26-23-20-17-14-11-8-5-2/h7,10,16,19,21,24-25,27,31-32,34-35,37-38,40-41,43-44,47-48,73H,4-6,8-9,11-15,17-18,20,22-23,26,28-30,33,36,39,42,45-46,49-72H2,1-3H3/b10-7-,19-16-,24-21-,27-25-,32-31-,35-34-,38-37-,41-40-,44-43-,48-47-. The van der Waals surface area contributed by atoms with E-state index in [1.54, 1.807) is 0 Å². The van der Waals surface area contributed by atoms with Crippen LogP contribution in [0, 0.1) is 0 Å². The number of carbonyl (C=O) groups excluding carboxylic acids is 3. The average molecular weight is 1140 g/mol. The number of esters is 3. The predicted octanol–water partition coefficient (Wildman–Crippen LogP) is 23.9. The van der Waals surface area contributed by atoms with Crippen LogP contribution in [0.15, 0.2) is 122 Å². The van der Waals surface area contributed by atoms with E-state index in [4.69, 9.17) is 14.2 Å². The van der Waals surface area contributed by atoms with Gasteiger partial charge in [-0.1, -0.05) is 309 Å². The smallest absolute Gasteiger partial charge is 0.306 e. The second-order valence-corrected chi connectivity index (χ2v) is 22.7. The number of carbonyl (C=O) groups is 3. The SMILES string of the molecule is CC/C=C\C/C=C\C/C=C\C/C=C\C/C=C\C/C=C\C/C=C\C/C=C\C/C=C\CCCCCCCC(=O)OCC(COC(=O)CCCCCCC/C=C\CCCCCC)OC(=O)CCCCCCCCCCCCCCCCCCCC. The molecule has 0 heterocycles. The Morgan fingerprint density at radius 2 is 0.476 bits per heavy atom. The molecule has 0 aliphatic rings. The molecule has 0 rings (SSSR count). The van der Waals surface area contributed by atoms with Crippen molar-refractivity contribution in [3.8, 4) is 0 Å². The van der Waals surface area contributed by atoms with Gasteiger partial charge in [0, 0.05) is 19.3 Å². The lowest BCUT2D eigenvalue weighted by atomic mass is 10.0. The lowest BCUT2D eigenvalue weighted by molar-refractivity contribution is -0.167. The van der Waals surface area contributed by atoms with Gasteiger partial charge in [-0.2, -0.15) is 0 Å². The van der Waals surface area contributed by atoms with Crippen molar-refractivity contribution >= 4 is 17.9 Å². The van der Waals surface area contributed by atoms with Crippen LogP contribution in [0.5, 0.6) is 0 Å². The van der Waals surface area contributed by atoms with Gasteiger partial charge >= 0.3 is 17.9 Å². The fourth-order valence-electron chi connectivity index (χ4n) is 9.55. The maximum atomic E-state index is 12.9. The molecule has 0 bridgehead atoms. The van der Waals surface area contributed by atoms with Crippen molar-refractivity contribution in [1.29, 1.82) is 0 Å². The summed E-state index contributed by atoms with van der Waals surface area (Å²) in [5, 5.41) is 0. The van der Waals surface area contributed by atoms with Gasteiger partial charge in [0.15, 0.2) is 6.10 Å². The summed E-state index contributed by atoms with van der Waals surface area (Å²) in [4.78, 5) is 38.4. The molecule has 0 aliphatic carbocycles. The van der Waals surface area contributed by atoms with Gasteiger partial charge in [-0.3, -0.25) is 14.4 Å². The van der Waals surface area contributed by atoms with Crippen LogP contribution in [0.25, 0.3) is 0 Å². The zero-order chi connectivity index (χ0) is 59.2. The van der Waals surface area contributed by atoms with Gasteiger partial charge in [-0.15, -0.1) is 0 Å². The molecule has 6 nitrogen and oxygen atoms in total. The Hall–Kier alpha value is -4.19. The van der Waals surface area contributed by atoms with Crippen LogP contribution in [0.3, 0.4) is 0 Å². The molecule has 1 atom stereocenters. The van der Waals surface area contributed by atoms with Gasteiger partial charge < -0.3 is 14.2 Å². The van der Waals surface area contributed by atoms with Gasteiger partial charge in [-0.25, -0.2) is 0 Å². The Balaban J connectivity index is 4.32. The van der Waals surface area contributed by atoms with E-state index in [9.17, 15) is 14.4 Å². The molecule has 468 valence electrons. The Morgan fingerprint density at radius 1 is 0.256 bits per heavy atom. The summed E-state index contributed by atoms with van der Waals surface area (Å²) < 4.78 is 16.9. The fourth-order valence-corrected chi connectivity index (χ4v) is 9.55. The predicted molar refractivity (Wildman–Crippen MR) is 357 cm³/mol. The Morgan fingerprint density at radius 3 is 0.768 bits per heavy atom. The van der Waals surface area contributed by atoms with Gasteiger partial charge in [0.25, 0.3) is 0 Å². The van der Waals surface area contributed by atoms with Crippen LogP contribution in [0.4, 0.5) is 0 Å². The van der Waals surface area contributed by atoms with Gasteiger partial charge in [0.05, 0.1) is 0 Å². The van der Waals surface area contributed by atoms with Crippen LogP contribution in [0.1, 0.15) is 323 Å². The third-order valence-corrected chi connectivity index (χ3v) is 14.7. The molecule has 0 aliphatic heterocycles. The first-order chi connectivity index (χ1) is 40.5. The van der Waals surface area contributed by atoms with E-state index >= 15 is 0 Å². The molecule has 0 aromatic rings. The van der Waals surface area contributed by atoms with Gasteiger partial charge in [0.2, 0.25) is 0 Å². The number of rotatable bonds is 62. The first-order valence-corrected chi connectivity index (χ1v) is 34.5. The van der Waals surface area contributed by atoms with Crippen LogP contribution in [-0.4, -0.2) is 37.2 Å². The molecule has 0 aromatic carbocycles. The molecule has 0 saturated heterocycles. The highest BCUT2D eigenvalue weighted by molar-refractivity contribution is 5.71. The second kappa shape index (κ2) is 69.3. The third kappa shape index (κ3) is 66.6.